The molecule has 2 aromatic heterocycles. The van der Waals surface area contributed by atoms with Crippen LogP contribution in [0.2, 0.25) is 5.02 Å². The third-order valence-electron chi connectivity index (χ3n) is 5.89. The number of pyridine rings is 1. The molecule has 0 radical (unpaired) electrons. The third-order valence-corrected chi connectivity index (χ3v) is 6.20. The number of aromatic nitrogens is 2. The van der Waals surface area contributed by atoms with Gasteiger partial charge in [-0.25, -0.2) is 4.98 Å². The highest BCUT2D eigenvalue weighted by Crippen LogP contribution is 2.29. The van der Waals surface area contributed by atoms with E-state index in [0.29, 0.717) is 22.6 Å². The van der Waals surface area contributed by atoms with Crippen LogP contribution in [0.1, 0.15) is 16.7 Å². The lowest BCUT2D eigenvalue weighted by atomic mass is 10.0. The van der Waals surface area contributed by atoms with Crippen molar-refractivity contribution >= 4 is 62.7 Å². The quantitative estimate of drug-likeness (QED) is 0.239. The van der Waals surface area contributed by atoms with Gasteiger partial charge in [0.05, 0.1) is 11.4 Å². The topological polar surface area (TPSA) is 121 Å². The van der Waals surface area contributed by atoms with Crippen LogP contribution >= 0.6 is 11.6 Å². The standard InChI is InChI=1S/C28H21ClN4O3/c29-23-13-18(8-10-24(23)34)22(27(30)36)12-19-15-31-28-21(19)9-11-25(33-28)32-26(35)14-17-6-3-5-16-4-1-2-7-20(16)17/h1-13,15,34H,14H2,(H2,30,36)(H2,31,32,33,35). The number of benzene rings is 3. The van der Waals surface area contributed by atoms with Crippen molar-refractivity contribution < 1.29 is 14.7 Å². The van der Waals surface area contributed by atoms with Crippen LogP contribution in [-0.4, -0.2) is 26.9 Å². The molecule has 0 aliphatic heterocycles. The van der Waals surface area contributed by atoms with Gasteiger partial charge in [-0.15, -0.1) is 0 Å². The number of primary amides is 1. The van der Waals surface area contributed by atoms with Crippen molar-refractivity contribution in [1.29, 1.82) is 0 Å². The number of carbonyl (C=O) groups excluding carboxylic acids is 2. The van der Waals surface area contributed by atoms with E-state index in [4.69, 9.17) is 17.3 Å². The highest BCUT2D eigenvalue weighted by atomic mass is 35.5. The van der Waals surface area contributed by atoms with Gasteiger partial charge in [0.25, 0.3) is 0 Å². The molecule has 0 aliphatic carbocycles. The summed E-state index contributed by atoms with van der Waals surface area (Å²) in [5.41, 5.74) is 8.47. The lowest BCUT2D eigenvalue weighted by molar-refractivity contribution is -0.115. The predicted molar refractivity (Wildman–Crippen MR) is 143 cm³/mol. The molecule has 2 amide bonds. The van der Waals surface area contributed by atoms with Crippen LogP contribution in [-0.2, 0) is 16.0 Å². The average Bonchev–Trinajstić information content (AvgIpc) is 3.26. The van der Waals surface area contributed by atoms with Crippen molar-refractivity contribution in [2.45, 2.75) is 6.42 Å². The molecule has 0 bridgehead atoms. The van der Waals surface area contributed by atoms with Crippen molar-refractivity contribution in [2.75, 3.05) is 5.32 Å². The number of aromatic hydroxyl groups is 1. The minimum Gasteiger partial charge on any atom is -0.506 e. The Labute approximate surface area is 211 Å². The first-order valence-electron chi connectivity index (χ1n) is 11.1. The number of phenolic OH excluding ortho intramolecular Hbond substituents is 1. The van der Waals surface area contributed by atoms with Gasteiger partial charge in [-0.1, -0.05) is 60.1 Å². The van der Waals surface area contributed by atoms with Gasteiger partial charge in [-0.2, -0.15) is 0 Å². The number of rotatable bonds is 6. The minimum absolute atomic E-state index is 0.0874. The highest BCUT2D eigenvalue weighted by Gasteiger charge is 2.14. The number of amides is 2. The Morgan fingerprint density at radius 1 is 1.03 bits per heavy atom. The Morgan fingerprint density at radius 3 is 2.64 bits per heavy atom. The van der Waals surface area contributed by atoms with Gasteiger partial charge in [-0.3, -0.25) is 9.59 Å². The summed E-state index contributed by atoms with van der Waals surface area (Å²) >= 11 is 6.00. The van der Waals surface area contributed by atoms with E-state index in [1.54, 1.807) is 30.5 Å². The maximum Gasteiger partial charge on any atom is 0.249 e. The van der Waals surface area contributed by atoms with Gasteiger partial charge in [-0.05, 0) is 52.2 Å². The molecule has 5 rings (SSSR count). The van der Waals surface area contributed by atoms with Crippen LogP contribution in [0.4, 0.5) is 5.82 Å². The maximum absolute atomic E-state index is 12.7. The van der Waals surface area contributed by atoms with Crippen LogP contribution in [0, 0.1) is 0 Å². The van der Waals surface area contributed by atoms with E-state index < -0.39 is 5.91 Å². The van der Waals surface area contributed by atoms with Crippen molar-refractivity contribution in [3.8, 4) is 5.75 Å². The largest absolute Gasteiger partial charge is 0.506 e. The number of halogens is 1. The molecule has 36 heavy (non-hydrogen) atoms. The summed E-state index contributed by atoms with van der Waals surface area (Å²) < 4.78 is 0. The summed E-state index contributed by atoms with van der Waals surface area (Å²) in [4.78, 5) is 32.5. The Morgan fingerprint density at radius 2 is 1.83 bits per heavy atom. The fraction of sp³-hybridized carbons (Fsp3) is 0.0357. The minimum atomic E-state index is -0.642. The second-order valence-corrected chi connectivity index (χ2v) is 8.70. The number of fused-ring (bicyclic) bond motifs is 2. The Hall–Kier alpha value is -4.62. The molecule has 8 heteroatoms. The van der Waals surface area contributed by atoms with Gasteiger partial charge in [0, 0.05) is 22.7 Å². The zero-order valence-corrected chi connectivity index (χ0v) is 19.7. The van der Waals surface area contributed by atoms with Crippen LogP contribution in [0.5, 0.6) is 5.75 Å². The average molecular weight is 497 g/mol. The number of carbonyl (C=O) groups is 2. The molecule has 178 valence electrons. The molecule has 0 unspecified atom stereocenters. The van der Waals surface area contributed by atoms with E-state index in [0.717, 1.165) is 21.7 Å². The summed E-state index contributed by atoms with van der Waals surface area (Å²) in [7, 11) is 0. The van der Waals surface area contributed by atoms with Gasteiger partial charge in [0.1, 0.15) is 17.2 Å². The molecule has 0 spiro atoms. The number of anilines is 1. The number of aromatic amines is 1. The van der Waals surface area contributed by atoms with Crippen molar-refractivity contribution in [3.63, 3.8) is 0 Å². The molecule has 3 aromatic carbocycles. The molecule has 0 saturated heterocycles. The molecule has 0 fully saturated rings. The first kappa shape index (κ1) is 23.1. The maximum atomic E-state index is 12.7. The van der Waals surface area contributed by atoms with Gasteiger partial charge < -0.3 is 21.1 Å². The lowest BCUT2D eigenvalue weighted by Gasteiger charge is -2.08. The molecule has 5 N–H and O–H groups in total. The number of nitrogens with two attached hydrogens (primary N) is 1. The van der Waals surface area contributed by atoms with Gasteiger partial charge in [0.15, 0.2) is 0 Å². The second-order valence-electron chi connectivity index (χ2n) is 8.29. The fourth-order valence-corrected chi connectivity index (χ4v) is 4.33. The first-order valence-corrected chi connectivity index (χ1v) is 11.5. The van der Waals surface area contributed by atoms with E-state index in [1.807, 2.05) is 42.5 Å². The molecular formula is C28H21ClN4O3. The number of phenols is 1. The Balaban J connectivity index is 1.39. The predicted octanol–water partition coefficient (Wildman–Crippen LogP) is 5.28. The normalized spacial score (nSPS) is 11.6. The first-order chi connectivity index (χ1) is 17.4. The molecule has 0 saturated carbocycles. The van der Waals surface area contributed by atoms with E-state index in [1.165, 1.54) is 12.1 Å². The SMILES string of the molecule is NC(=O)C(=Cc1c[nH]c2nc(NC(=O)Cc3cccc4ccccc34)ccc12)c1ccc(O)c(Cl)c1. The van der Waals surface area contributed by atoms with Crippen LogP contribution in [0.3, 0.4) is 0 Å². The summed E-state index contributed by atoms with van der Waals surface area (Å²) in [5.74, 6) is -0.498. The van der Waals surface area contributed by atoms with E-state index in [9.17, 15) is 14.7 Å². The number of hydrogen-bond donors (Lipinski definition) is 4. The van der Waals surface area contributed by atoms with E-state index in [2.05, 4.69) is 15.3 Å². The molecule has 2 heterocycles. The van der Waals surface area contributed by atoms with E-state index >= 15 is 0 Å². The molecule has 5 aromatic rings. The Bertz CT molecular complexity index is 1670. The number of hydrogen-bond acceptors (Lipinski definition) is 4. The molecular weight excluding hydrogens is 476 g/mol. The van der Waals surface area contributed by atoms with Crippen LogP contribution in [0.15, 0.2) is 79.0 Å². The van der Waals surface area contributed by atoms with E-state index in [-0.39, 0.29) is 28.7 Å². The molecule has 0 aliphatic rings. The van der Waals surface area contributed by atoms with Gasteiger partial charge in [0.2, 0.25) is 11.8 Å². The summed E-state index contributed by atoms with van der Waals surface area (Å²) in [6, 6.07) is 21.8. The summed E-state index contributed by atoms with van der Waals surface area (Å²) in [5, 5.41) is 15.5. The van der Waals surface area contributed by atoms with Crippen molar-refractivity contribution in [1.82, 2.24) is 9.97 Å². The smallest absolute Gasteiger partial charge is 0.249 e. The number of H-pyrrole nitrogens is 1. The highest BCUT2D eigenvalue weighted by molar-refractivity contribution is 6.33. The summed E-state index contributed by atoms with van der Waals surface area (Å²) in [6.07, 6.45) is 3.55. The van der Waals surface area contributed by atoms with Crippen molar-refractivity contribution in [2.24, 2.45) is 5.73 Å². The zero-order chi connectivity index (χ0) is 25.2. The van der Waals surface area contributed by atoms with Crippen LogP contribution < -0.4 is 11.1 Å². The monoisotopic (exact) mass is 496 g/mol. The Kier molecular flexibility index (Phi) is 6.14. The zero-order valence-electron chi connectivity index (χ0n) is 19.0. The molecule has 7 nitrogen and oxygen atoms in total. The van der Waals surface area contributed by atoms with Crippen LogP contribution in [0.25, 0.3) is 33.5 Å². The fourth-order valence-electron chi connectivity index (χ4n) is 4.15. The van der Waals surface area contributed by atoms with Gasteiger partial charge >= 0.3 is 0 Å². The lowest BCUT2D eigenvalue weighted by Crippen LogP contribution is -2.15. The summed E-state index contributed by atoms with van der Waals surface area (Å²) in [6.45, 7) is 0. The second kappa shape index (κ2) is 9.56. The molecule has 0 atom stereocenters. The number of nitrogens with one attached hydrogen (secondary N) is 2. The third kappa shape index (κ3) is 4.64. The van der Waals surface area contributed by atoms with Crippen molar-refractivity contribution in [3.05, 3.63) is 101 Å². The number of nitrogens with zero attached hydrogens (tertiary/aromatic N) is 1.